The van der Waals surface area contributed by atoms with Crippen molar-refractivity contribution in [2.75, 3.05) is 6.61 Å². The van der Waals surface area contributed by atoms with Crippen molar-refractivity contribution in [3.05, 3.63) is 35.9 Å². The Balaban J connectivity index is 0.00000172. The van der Waals surface area contributed by atoms with Gasteiger partial charge in [-0.05, 0) is 37.1 Å². The van der Waals surface area contributed by atoms with E-state index in [1.807, 2.05) is 44.2 Å². The normalized spacial score (nSPS) is 10.0. The first-order valence-corrected chi connectivity index (χ1v) is 7.64. The van der Waals surface area contributed by atoms with Crippen molar-refractivity contribution in [1.82, 2.24) is 0 Å². The minimum absolute atomic E-state index is 0.0613. The number of hydrogen-bond donors (Lipinski definition) is 0. The molecule has 0 heterocycles. The first kappa shape index (κ1) is 18.4. The quantitative estimate of drug-likeness (QED) is 0.477. The number of hydrogen-bond acceptors (Lipinski definition) is 2. The predicted molar refractivity (Wildman–Crippen MR) is 87.1 cm³/mol. The van der Waals surface area contributed by atoms with Gasteiger partial charge in [0.1, 0.15) is 5.75 Å². The Labute approximate surface area is 123 Å². The van der Waals surface area contributed by atoms with E-state index in [0.717, 1.165) is 24.3 Å². The van der Waals surface area contributed by atoms with Crippen LogP contribution in [0.2, 0.25) is 0 Å². The minimum Gasteiger partial charge on any atom is -0.494 e. The van der Waals surface area contributed by atoms with Gasteiger partial charge in [-0.1, -0.05) is 58.2 Å². The van der Waals surface area contributed by atoms with Crippen LogP contribution in [-0.4, -0.2) is 12.4 Å². The summed E-state index contributed by atoms with van der Waals surface area (Å²) in [5.74, 6) is 0.956. The van der Waals surface area contributed by atoms with Crippen LogP contribution in [0.15, 0.2) is 30.3 Å². The summed E-state index contributed by atoms with van der Waals surface area (Å²) < 4.78 is 5.64. The predicted octanol–water partition coefficient (Wildman–Crippen LogP) is 5.27. The molecule has 0 N–H and O–H groups in total. The molecule has 1 rings (SSSR count). The van der Waals surface area contributed by atoms with Crippen molar-refractivity contribution in [3.63, 3.8) is 0 Å². The van der Waals surface area contributed by atoms with Crippen LogP contribution in [0, 0.1) is 0 Å². The molecule has 0 aliphatic heterocycles. The lowest BCUT2D eigenvalue weighted by Crippen LogP contribution is -1.96. The number of benzene rings is 1. The van der Waals surface area contributed by atoms with Crippen molar-refractivity contribution in [1.29, 1.82) is 0 Å². The molecule has 0 radical (unpaired) electrons. The summed E-state index contributed by atoms with van der Waals surface area (Å²) in [7, 11) is 0. The van der Waals surface area contributed by atoms with E-state index in [4.69, 9.17) is 4.74 Å². The maximum Gasteiger partial charge on any atom is 0.152 e. The van der Waals surface area contributed by atoms with Gasteiger partial charge >= 0.3 is 0 Å². The molecule has 0 saturated carbocycles. The zero-order valence-corrected chi connectivity index (χ0v) is 13.3. The molecule has 2 nitrogen and oxygen atoms in total. The molecule has 0 aliphatic carbocycles. The Morgan fingerprint density at radius 3 is 2.30 bits per heavy atom. The van der Waals surface area contributed by atoms with Gasteiger partial charge in [0.15, 0.2) is 5.78 Å². The van der Waals surface area contributed by atoms with Crippen molar-refractivity contribution < 1.29 is 9.53 Å². The molecule has 0 spiro atoms. The highest BCUT2D eigenvalue weighted by Crippen LogP contribution is 2.14. The smallest absolute Gasteiger partial charge is 0.152 e. The highest BCUT2D eigenvalue weighted by Gasteiger charge is 1.94. The zero-order chi connectivity index (χ0) is 15.2. The molecule has 2 heteroatoms. The average molecular weight is 276 g/mol. The Hall–Kier alpha value is -1.57. The lowest BCUT2D eigenvalue weighted by molar-refractivity contribution is -0.112. The highest BCUT2D eigenvalue weighted by atomic mass is 16.5. The van der Waals surface area contributed by atoms with Crippen LogP contribution in [-0.2, 0) is 4.79 Å². The van der Waals surface area contributed by atoms with Crippen LogP contribution in [0.1, 0.15) is 58.9 Å². The van der Waals surface area contributed by atoms with E-state index in [1.165, 1.54) is 19.3 Å². The van der Waals surface area contributed by atoms with E-state index in [9.17, 15) is 4.79 Å². The molecule has 0 aromatic heterocycles. The molecular formula is C18H28O2. The van der Waals surface area contributed by atoms with Gasteiger partial charge in [0.05, 0.1) is 6.61 Å². The summed E-state index contributed by atoms with van der Waals surface area (Å²) in [6.45, 7) is 8.53. The number of rotatable bonds is 8. The van der Waals surface area contributed by atoms with Crippen LogP contribution in [0.4, 0.5) is 0 Å². The first-order chi connectivity index (χ1) is 9.72. The molecule has 1 aromatic carbocycles. The van der Waals surface area contributed by atoms with Crippen molar-refractivity contribution in [2.45, 2.75) is 53.4 Å². The first-order valence-electron chi connectivity index (χ1n) is 7.64. The number of ketones is 1. The lowest BCUT2D eigenvalue weighted by Gasteiger charge is -2.05. The van der Waals surface area contributed by atoms with Crippen molar-refractivity contribution >= 4 is 11.9 Å². The van der Waals surface area contributed by atoms with Crippen LogP contribution in [0.3, 0.4) is 0 Å². The van der Waals surface area contributed by atoms with Crippen LogP contribution >= 0.6 is 0 Å². The number of unbranched alkanes of at least 4 members (excludes halogenated alkanes) is 3. The summed E-state index contributed by atoms with van der Waals surface area (Å²) in [6.07, 6.45) is 8.25. The van der Waals surface area contributed by atoms with E-state index < -0.39 is 0 Å². The maximum atomic E-state index is 10.8. The van der Waals surface area contributed by atoms with Gasteiger partial charge in [-0.15, -0.1) is 0 Å². The molecule has 0 unspecified atom stereocenters. The monoisotopic (exact) mass is 276 g/mol. The third-order valence-corrected chi connectivity index (χ3v) is 2.66. The molecule has 0 atom stereocenters. The second kappa shape index (κ2) is 12.5. The van der Waals surface area contributed by atoms with Crippen LogP contribution in [0.25, 0.3) is 6.08 Å². The summed E-state index contributed by atoms with van der Waals surface area (Å²) in [4.78, 5) is 10.8. The Morgan fingerprint density at radius 1 is 1.10 bits per heavy atom. The van der Waals surface area contributed by atoms with Crippen molar-refractivity contribution in [3.8, 4) is 5.75 Å². The molecule has 0 fully saturated rings. The molecule has 0 bridgehead atoms. The largest absolute Gasteiger partial charge is 0.494 e. The van der Waals surface area contributed by atoms with E-state index in [-0.39, 0.29) is 5.78 Å². The van der Waals surface area contributed by atoms with E-state index in [0.29, 0.717) is 0 Å². The van der Waals surface area contributed by atoms with Gasteiger partial charge in [0.2, 0.25) is 0 Å². The molecule has 20 heavy (non-hydrogen) atoms. The third-order valence-electron chi connectivity index (χ3n) is 2.66. The molecule has 0 amide bonds. The van der Waals surface area contributed by atoms with E-state index in [1.54, 1.807) is 13.0 Å². The number of carbonyl (C=O) groups is 1. The molecule has 112 valence electrons. The fourth-order valence-electron chi connectivity index (χ4n) is 1.61. The van der Waals surface area contributed by atoms with Gasteiger partial charge < -0.3 is 4.74 Å². The van der Waals surface area contributed by atoms with Crippen LogP contribution in [0.5, 0.6) is 5.75 Å². The summed E-state index contributed by atoms with van der Waals surface area (Å²) in [6, 6.07) is 7.81. The van der Waals surface area contributed by atoms with Gasteiger partial charge in [0, 0.05) is 0 Å². The number of ether oxygens (including phenoxy) is 1. The second-order valence-corrected chi connectivity index (χ2v) is 4.42. The van der Waals surface area contributed by atoms with E-state index in [2.05, 4.69) is 6.92 Å². The van der Waals surface area contributed by atoms with Gasteiger partial charge in [-0.3, -0.25) is 4.79 Å². The maximum absolute atomic E-state index is 10.8. The highest BCUT2D eigenvalue weighted by molar-refractivity contribution is 5.91. The second-order valence-electron chi connectivity index (χ2n) is 4.42. The van der Waals surface area contributed by atoms with Crippen LogP contribution < -0.4 is 4.74 Å². The minimum atomic E-state index is 0.0613. The topological polar surface area (TPSA) is 26.3 Å². The summed E-state index contributed by atoms with van der Waals surface area (Å²) >= 11 is 0. The Kier molecular flexibility index (Phi) is 11.5. The van der Waals surface area contributed by atoms with Gasteiger partial charge in [-0.25, -0.2) is 0 Å². The molecular weight excluding hydrogens is 248 g/mol. The standard InChI is InChI=1S/C16H22O2.C2H6/c1-3-4-5-6-13-18-16-11-9-15(10-12-16)8-7-14(2)17;1-2/h7-12H,3-6,13H2,1-2H3;1-2H3/b8-7+;. The van der Waals surface area contributed by atoms with Gasteiger partial charge in [-0.2, -0.15) is 0 Å². The van der Waals surface area contributed by atoms with Crippen molar-refractivity contribution in [2.24, 2.45) is 0 Å². The Bertz CT molecular complexity index is 377. The van der Waals surface area contributed by atoms with Gasteiger partial charge in [0.25, 0.3) is 0 Å². The molecule has 0 aliphatic rings. The SMILES string of the molecule is CC.CCCCCCOc1ccc(/C=C/C(C)=O)cc1. The summed E-state index contributed by atoms with van der Waals surface area (Å²) in [5, 5.41) is 0. The average Bonchev–Trinajstić information content (AvgIpc) is 2.48. The molecule has 1 aromatic rings. The lowest BCUT2D eigenvalue weighted by atomic mass is 10.2. The third kappa shape index (κ3) is 9.37. The number of carbonyl (C=O) groups excluding carboxylic acids is 1. The zero-order valence-electron chi connectivity index (χ0n) is 13.3. The van der Waals surface area contributed by atoms with E-state index >= 15 is 0 Å². The number of allylic oxidation sites excluding steroid dienone is 1. The fourth-order valence-corrected chi connectivity index (χ4v) is 1.61. The molecule has 0 saturated heterocycles. The fraction of sp³-hybridized carbons (Fsp3) is 0.500. The summed E-state index contributed by atoms with van der Waals surface area (Å²) in [5.41, 5.74) is 1.02. The Morgan fingerprint density at radius 2 is 1.75 bits per heavy atom.